The van der Waals surface area contributed by atoms with Crippen LogP contribution < -0.4 is 5.73 Å². The van der Waals surface area contributed by atoms with Gasteiger partial charge in [0, 0.05) is 0 Å². The fourth-order valence-electron chi connectivity index (χ4n) is 3.74. The van der Waals surface area contributed by atoms with Crippen LogP contribution in [-0.2, 0) is 19.0 Å². The van der Waals surface area contributed by atoms with E-state index in [1.54, 1.807) is 63.2 Å². The zero-order valence-electron chi connectivity index (χ0n) is 18.5. The molecule has 174 valence electrons. The number of rotatable bonds is 6. The number of nitrogens with zero attached hydrogens (tertiary/aromatic N) is 3. The molecule has 3 N–H and O–H groups in total. The number of nitrogen functional groups attached to an aromatic ring is 1. The number of carbonyl (C=O) groups excluding carboxylic acids is 2. The fourth-order valence-corrected chi connectivity index (χ4v) is 3.74. The topological polar surface area (TPSA) is 138 Å². The average molecular weight is 454 g/mol. The van der Waals surface area contributed by atoms with E-state index >= 15 is 0 Å². The number of anilines is 1. The monoisotopic (exact) mass is 454 g/mol. The van der Waals surface area contributed by atoms with Gasteiger partial charge in [-0.2, -0.15) is 5.10 Å². The molecule has 0 unspecified atom stereocenters. The van der Waals surface area contributed by atoms with E-state index in [9.17, 15) is 14.7 Å². The normalized spacial score (nSPS) is 24.8. The van der Waals surface area contributed by atoms with Gasteiger partial charge >= 0.3 is 11.9 Å². The van der Waals surface area contributed by atoms with Crippen LogP contribution in [0.4, 0.5) is 5.82 Å². The minimum absolute atomic E-state index is 0.255. The van der Waals surface area contributed by atoms with Gasteiger partial charge in [-0.3, -0.25) is 4.79 Å². The molecule has 0 spiro atoms. The van der Waals surface area contributed by atoms with Gasteiger partial charge in [0.05, 0.1) is 17.2 Å². The Hall–Kier alpha value is -3.50. The highest BCUT2D eigenvalue weighted by Crippen LogP contribution is 2.42. The van der Waals surface area contributed by atoms with E-state index in [0.717, 1.165) is 0 Å². The Morgan fingerprint density at radius 1 is 1.24 bits per heavy atom. The SMILES string of the molecule is CC(C)C(=O)O[C@H]1[C@H](c2ccc3c(N)ncnn23)O[C@](C)(COC(=O)c2ccccc2)[C@H]1O. The van der Waals surface area contributed by atoms with Crippen molar-refractivity contribution in [1.29, 1.82) is 0 Å². The molecule has 10 nitrogen and oxygen atoms in total. The van der Waals surface area contributed by atoms with E-state index in [1.807, 2.05) is 0 Å². The van der Waals surface area contributed by atoms with E-state index in [0.29, 0.717) is 16.8 Å². The molecule has 1 aliphatic rings. The molecule has 4 rings (SSSR count). The first-order valence-corrected chi connectivity index (χ1v) is 10.6. The van der Waals surface area contributed by atoms with Gasteiger partial charge in [0.1, 0.15) is 36.3 Å². The number of fused-ring (bicyclic) bond motifs is 1. The molecular formula is C23H26N4O6. The molecule has 10 heteroatoms. The molecule has 0 saturated carbocycles. The number of esters is 2. The molecule has 1 aliphatic heterocycles. The van der Waals surface area contributed by atoms with Crippen molar-refractivity contribution in [2.24, 2.45) is 5.92 Å². The Bertz CT molecular complexity index is 1160. The smallest absolute Gasteiger partial charge is 0.338 e. The van der Waals surface area contributed by atoms with Gasteiger partial charge in [0.15, 0.2) is 11.9 Å². The van der Waals surface area contributed by atoms with E-state index in [1.165, 1.54) is 10.8 Å². The first-order chi connectivity index (χ1) is 15.7. The van der Waals surface area contributed by atoms with Crippen molar-refractivity contribution in [3.8, 4) is 0 Å². The second-order valence-corrected chi connectivity index (χ2v) is 8.49. The first-order valence-electron chi connectivity index (χ1n) is 10.6. The number of aliphatic hydroxyl groups is 1. The zero-order chi connectivity index (χ0) is 23.8. The summed E-state index contributed by atoms with van der Waals surface area (Å²) in [5, 5.41) is 15.4. The quantitative estimate of drug-likeness (QED) is 0.535. The van der Waals surface area contributed by atoms with Crippen molar-refractivity contribution in [1.82, 2.24) is 14.6 Å². The molecule has 0 aliphatic carbocycles. The summed E-state index contributed by atoms with van der Waals surface area (Å²) in [6.07, 6.45) is -1.93. The van der Waals surface area contributed by atoms with Crippen LogP contribution in [0.2, 0.25) is 0 Å². The summed E-state index contributed by atoms with van der Waals surface area (Å²) in [7, 11) is 0. The minimum Gasteiger partial charge on any atom is -0.459 e. The number of nitrogens with two attached hydrogens (primary N) is 1. The highest BCUT2D eigenvalue weighted by atomic mass is 16.6. The third-order valence-electron chi connectivity index (χ3n) is 5.66. The minimum atomic E-state index is -1.35. The zero-order valence-corrected chi connectivity index (χ0v) is 18.5. The highest BCUT2D eigenvalue weighted by molar-refractivity contribution is 5.89. The summed E-state index contributed by atoms with van der Waals surface area (Å²) in [6, 6.07) is 11.9. The number of benzene rings is 1. The number of hydrogen-bond acceptors (Lipinski definition) is 9. The third kappa shape index (κ3) is 4.27. The van der Waals surface area contributed by atoms with Crippen LogP contribution in [0.3, 0.4) is 0 Å². The van der Waals surface area contributed by atoms with Crippen LogP contribution in [0.1, 0.15) is 42.9 Å². The highest BCUT2D eigenvalue weighted by Gasteiger charge is 2.56. The van der Waals surface area contributed by atoms with E-state index in [-0.39, 0.29) is 12.4 Å². The van der Waals surface area contributed by atoms with Crippen molar-refractivity contribution in [3.63, 3.8) is 0 Å². The molecule has 3 heterocycles. The van der Waals surface area contributed by atoms with Gasteiger partial charge < -0.3 is 25.1 Å². The van der Waals surface area contributed by atoms with E-state index in [4.69, 9.17) is 19.9 Å². The van der Waals surface area contributed by atoms with Crippen molar-refractivity contribution in [2.45, 2.75) is 44.7 Å². The lowest BCUT2D eigenvalue weighted by atomic mass is 9.96. The maximum absolute atomic E-state index is 12.4. The molecule has 4 atom stereocenters. The lowest BCUT2D eigenvalue weighted by Gasteiger charge is -2.27. The molecule has 33 heavy (non-hydrogen) atoms. The molecule has 3 aromatic rings. The molecule has 0 amide bonds. The Balaban J connectivity index is 1.63. The lowest BCUT2D eigenvalue weighted by Crippen LogP contribution is -2.46. The Labute approximate surface area is 190 Å². The van der Waals surface area contributed by atoms with Crippen molar-refractivity contribution in [2.75, 3.05) is 12.3 Å². The van der Waals surface area contributed by atoms with Gasteiger partial charge in [0.2, 0.25) is 0 Å². The Kier molecular flexibility index (Phi) is 6.05. The summed E-state index contributed by atoms with van der Waals surface area (Å²) >= 11 is 0. The van der Waals surface area contributed by atoms with Crippen LogP contribution in [0, 0.1) is 5.92 Å². The van der Waals surface area contributed by atoms with Crippen molar-refractivity contribution >= 4 is 23.3 Å². The number of ether oxygens (including phenoxy) is 3. The summed E-state index contributed by atoms with van der Waals surface area (Å²) in [4.78, 5) is 28.8. The van der Waals surface area contributed by atoms with Gasteiger partial charge in [-0.1, -0.05) is 32.0 Å². The Morgan fingerprint density at radius 2 is 1.97 bits per heavy atom. The summed E-state index contributed by atoms with van der Waals surface area (Å²) in [6.45, 7) is 4.74. The maximum atomic E-state index is 12.4. The van der Waals surface area contributed by atoms with Crippen molar-refractivity contribution < 1.29 is 28.9 Å². The second kappa shape index (κ2) is 8.80. The van der Waals surface area contributed by atoms with Gasteiger partial charge in [-0.25, -0.2) is 14.3 Å². The predicted molar refractivity (Wildman–Crippen MR) is 117 cm³/mol. The fraction of sp³-hybridized carbons (Fsp3) is 0.391. The molecule has 1 aromatic carbocycles. The van der Waals surface area contributed by atoms with Crippen LogP contribution in [-0.4, -0.2) is 56.1 Å². The predicted octanol–water partition coefficient (Wildman–Crippen LogP) is 1.93. The molecule has 0 bridgehead atoms. The summed E-state index contributed by atoms with van der Waals surface area (Å²) in [5.74, 6) is -1.19. The van der Waals surface area contributed by atoms with Crippen LogP contribution in [0.5, 0.6) is 0 Å². The van der Waals surface area contributed by atoms with Crippen LogP contribution in [0.15, 0.2) is 48.8 Å². The molecule has 2 aromatic heterocycles. The van der Waals surface area contributed by atoms with E-state index in [2.05, 4.69) is 10.1 Å². The second-order valence-electron chi connectivity index (χ2n) is 8.49. The average Bonchev–Trinajstić information content (AvgIpc) is 3.34. The van der Waals surface area contributed by atoms with Gasteiger partial charge in [0.25, 0.3) is 0 Å². The summed E-state index contributed by atoms with van der Waals surface area (Å²) < 4.78 is 18.8. The maximum Gasteiger partial charge on any atom is 0.338 e. The molecular weight excluding hydrogens is 428 g/mol. The molecule has 1 fully saturated rings. The summed E-state index contributed by atoms with van der Waals surface area (Å²) in [5.41, 5.74) is 6.02. The van der Waals surface area contributed by atoms with Crippen molar-refractivity contribution in [3.05, 3.63) is 60.0 Å². The van der Waals surface area contributed by atoms with Crippen LogP contribution in [0.25, 0.3) is 5.52 Å². The van der Waals surface area contributed by atoms with Gasteiger partial charge in [-0.15, -0.1) is 0 Å². The number of carbonyl (C=O) groups is 2. The first kappa shape index (κ1) is 22.7. The lowest BCUT2D eigenvalue weighted by molar-refractivity contribution is -0.159. The largest absolute Gasteiger partial charge is 0.459 e. The molecule has 1 saturated heterocycles. The van der Waals surface area contributed by atoms with Gasteiger partial charge in [-0.05, 0) is 31.2 Å². The standard InChI is InChI=1S/C23H26N4O6/c1-13(2)21(29)32-18-17(15-9-10-16-20(24)25-12-26-27(15)16)33-23(3,19(18)28)11-31-22(30)14-7-5-4-6-8-14/h4-10,12-13,17-19,28H,11H2,1-3H3,(H2,24,25,26)/t17-,18-,19-,23+/m0/s1. The third-order valence-corrected chi connectivity index (χ3v) is 5.66. The number of aliphatic hydroxyl groups excluding tert-OH is 1. The number of hydrogen-bond donors (Lipinski definition) is 2. The Morgan fingerprint density at radius 3 is 2.67 bits per heavy atom. The number of aromatic nitrogens is 3. The molecule has 0 radical (unpaired) electrons. The van der Waals surface area contributed by atoms with Crippen LogP contribution >= 0.6 is 0 Å². The van der Waals surface area contributed by atoms with E-state index < -0.39 is 41.8 Å².